The number of hydrogen-bond donors (Lipinski definition) is 2. The number of anilines is 3. The van der Waals surface area contributed by atoms with Crippen LogP contribution in [0.25, 0.3) is 0 Å². The van der Waals surface area contributed by atoms with Gasteiger partial charge in [0.25, 0.3) is 0 Å². The van der Waals surface area contributed by atoms with Crippen LogP contribution in [0, 0.1) is 0 Å². The monoisotopic (exact) mass is 430 g/mol. The van der Waals surface area contributed by atoms with Crippen molar-refractivity contribution in [2.75, 3.05) is 56.9 Å². The summed E-state index contributed by atoms with van der Waals surface area (Å²) in [7, 11) is 0. The van der Waals surface area contributed by atoms with Gasteiger partial charge in [0, 0.05) is 50.0 Å². The van der Waals surface area contributed by atoms with Crippen molar-refractivity contribution in [3.63, 3.8) is 0 Å². The van der Waals surface area contributed by atoms with Crippen LogP contribution < -0.4 is 11.1 Å². The Bertz CT molecular complexity index is 864. The number of likely N-dealkylation sites (tertiary alicyclic amines) is 1. The summed E-state index contributed by atoms with van der Waals surface area (Å²) in [5, 5.41) is 3.80. The minimum Gasteiger partial charge on any atom is -0.368 e. The van der Waals surface area contributed by atoms with Gasteiger partial charge < -0.3 is 16.0 Å². The quantitative estimate of drug-likeness (QED) is 0.712. The zero-order chi connectivity index (χ0) is 20.9. The van der Waals surface area contributed by atoms with Gasteiger partial charge in [-0.25, -0.2) is 0 Å². The molecule has 2 aliphatic rings. The highest BCUT2D eigenvalue weighted by molar-refractivity contribution is 6.30. The van der Waals surface area contributed by atoms with Crippen LogP contribution in [0.3, 0.4) is 0 Å². The molecular weight excluding hydrogens is 404 g/mol. The molecule has 2 aliphatic heterocycles. The van der Waals surface area contributed by atoms with Crippen molar-refractivity contribution in [1.82, 2.24) is 29.7 Å². The third-order valence-electron chi connectivity index (χ3n) is 5.45. The van der Waals surface area contributed by atoms with Gasteiger partial charge in [-0.05, 0) is 37.1 Å². The van der Waals surface area contributed by atoms with E-state index in [1.54, 1.807) is 12.1 Å². The molecule has 0 radical (unpaired) electrons. The minimum atomic E-state index is 0.186. The molecule has 3 heterocycles. The van der Waals surface area contributed by atoms with Gasteiger partial charge in [-0.3, -0.25) is 14.6 Å². The van der Waals surface area contributed by atoms with Crippen molar-refractivity contribution in [1.29, 1.82) is 0 Å². The van der Waals surface area contributed by atoms with Gasteiger partial charge in [0.05, 0.1) is 13.1 Å². The summed E-state index contributed by atoms with van der Waals surface area (Å²) in [6.45, 7) is 6.36. The first kappa shape index (κ1) is 20.8. The molecule has 2 aromatic rings. The van der Waals surface area contributed by atoms with Crippen LogP contribution in [0.2, 0.25) is 5.02 Å². The number of nitrogens with two attached hydrogens (primary N) is 1. The van der Waals surface area contributed by atoms with Crippen LogP contribution in [0.4, 0.5) is 17.6 Å². The summed E-state index contributed by atoms with van der Waals surface area (Å²) in [6.07, 6.45) is 2.26. The molecule has 0 unspecified atom stereocenters. The maximum Gasteiger partial charge on any atom is 0.236 e. The fourth-order valence-corrected chi connectivity index (χ4v) is 3.92. The number of amides is 1. The number of nitrogens with one attached hydrogen (secondary N) is 1. The second kappa shape index (κ2) is 9.55. The van der Waals surface area contributed by atoms with Crippen molar-refractivity contribution in [3.8, 4) is 0 Å². The standard InChI is InChI=1S/C20H27ClN8O/c21-15-3-5-16(6-4-15)23-20-25-17(24-19(22)26-20)13-27-9-11-28(12-10-27)14-18(30)29-7-1-2-8-29/h3-6H,1-2,7-14H2,(H3,22,23,24,25,26). The van der Waals surface area contributed by atoms with Gasteiger partial charge in [0.15, 0.2) is 0 Å². The van der Waals surface area contributed by atoms with E-state index in [4.69, 9.17) is 17.3 Å². The first-order valence-corrected chi connectivity index (χ1v) is 10.7. The fraction of sp³-hybridized carbons (Fsp3) is 0.500. The number of benzene rings is 1. The molecule has 9 nitrogen and oxygen atoms in total. The Balaban J connectivity index is 1.29. The van der Waals surface area contributed by atoms with Crippen molar-refractivity contribution >= 4 is 35.1 Å². The molecule has 0 bridgehead atoms. The van der Waals surface area contributed by atoms with Gasteiger partial charge in [0.2, 0.25) is 17.8 Å². The van der Waals surface area contributed by atoms with E-state index in [1.165, 1.54) is 0 Å². The molecule has 0 aliphatic carbocycles. The van der Waals surface area contributed by atoms with E-state index in [0.29, 0.717) is 29.9 Å². The summed E-state index contributed by atoms with van der Waals surface area (Å²) < 4.78 is 0. The largest absolute Gasteiger partial charge is 0.368 e. The number of nitrogens with zero attached hydrogens (tertiary/aromatic N) is 6. The molecule has 0 spiro atoms. The summed E-state index contributed by atoms with van der Waals surface area (Å²) in [4.78, 5) is 31.8. The Hall–Kier alpha value is -2.49. The zero-order valence-corrected chi connectivity index (χ0v) is 17.7. The highest BCUT2D eigenvalue weighted by atomic mass is 35.5. The molecule has 3 N–H and O–H groups in total. The van der Waals surface area contributed by atoms with E-state index in [9.17, 15) is 4.79 Å². The number of aromatic nitrogens is 3. The lowest BCUT2D eigenvalue weighted by molar-refractivity contribution is -0.131. The van der Waals surface area contributed by atoms with Crippen LogP contribution in [0.15, 0.2) is 24.3 Å². The molecular formula is C20H27ClN8O. The van der Waals surface area contributed by atoms with Crippen molar-refractivity contribution < 1.29 is 4.79 Å². The Morgan fingerprint density at radius 2 is 1.63 bits per heavy atom. The molecule has 1 aromatic carbocycles. The van der Waals surface area contributed by atoms with Crippen LogP contribution in [0.1, 0.15) is 18.7 Å². The lowest BCUT2D eigenvalue weighted by Gasteiger charge is -2.34. The number of carbonyl (C=O) groups is 1. The first-order valence-electron chi connectivity index (χ1n) is 10.3. The van der Waals surface area contributed by atoms with Gasteiger partial charge in [-0.1, -0.05) is 11.6 Å². The van der Waals surface area contributed by atoms with Gasteiger partial charge in [0.1, 0.15) is 5.82 Å². The van der Waals surface area contributed by atoms with Crippen LogP contribution in [-0.4, -0.2) is 81.4 Å². The number of piperazine rings is 1. The molecule has 160 valence electrons. The van der Waals surface area contributed by atoms with Crippen molar-refractivity contribution in [3.05, 3.63) is 35.1 Å². The Morgan fingerprint density at radius 3 is 2.33 bits per heavy atom. The molecule has 1 aromatic heterocycles. The maximum absolute atomic E-state index is 12.3. The zero-order valence-electron chi connectivity index (χ0n) is 16.9. The maximum atomic E-state index is 12.3. The Kier molecular flexibility index (Phi) is 6.61. The number of rotatable bonds is 6. The molecule has 0 saturated carbocycles. The smallest absolute Gasteiger partial charge is 0.236 e. The third kappa shape index (κ3) is 5.56. The Morgan fingerprint density at radius 1 is 0.967 bits per heavy atom. The Labute approximate surface area is 181 Å². The molecule has 10 heteroatoms. The summed E-state index contributed by atoms with van der Waals surface area (Å²) >= 11 is 5.93. The number of halogens is 1. The van der Waals surface area contributed by atoms with Gasteiger partial charge in [-0.2, -0.15) is 15.0 Å². The molecule has 0 atom stereocenters. The molecule has 1 amide bonds. The van der Waals surface area contributed by atoms with E-state index in [0.717, 1.165) is 57.8 Å². The second-order valence-corrected chi connectivity index (χ2v) is 8.14. The second-order valence-electron chi connectivity index (χ2n) is 7.71. The van der Waals surface area contributed by atoms with E-state index in [-0.39, 0.29) is 11.9 Å². The highest BCUT2D eigenvalue weighted by Crippen LogP contribution is 2.17. The highest BCUT2D eigenvalue weighted by Gasteiger charge is 2.24. The SMILES string of the molecule is Nc1nc(CN2CCN(CC(=O)N3CCCC3)CC2)nc(Nc2ccc(Cl)cc2)n1. The fourth-order valence-electron chi connectivity index (χ4n) is 3.79. The number of nitrogen functional groups attached to an aromatic ring is 1. The van der Waals surface area contributed by atoms with Crippen molar-refractivity contribution in [2.24, 2.45) is 0 Å². The van der Waals surface area contributed by atoms with E-state index in [2.05, 4.69) is 30.1 Å². The predicted molar refractivity (Wildman–Crippen MR) is 117 cm³/mol. The van der Waals surface area contributed by atoms with Gasteiger partial charge in [-0.15, -0.1) is 0 Å². The predicted octanol–water partition coefficient (Wildman–Crippen LogP) is 1.59. The van der Waals surface area contributed by atoms with Crippen molar-refractivity contribution in [2.45, 2.75) is 19.4 Å². The molecule has 30 heavy (non-hydrogen) atoms. The lowest BCUT2D eigenvalue weighted by Crippen LogP contribution is -2.49. The summed E-state index contributed by atoms with van der Waals surface area (Å²) in [5.74, 6) is 1.48. The van der Waals surface area contributed by atoms with E-state index < -0.39 is 0 Å². The summed E-state index contributed by atoms with van der Waals surface area (Å²) in [5.41, 5.74) is 6.71. The van der Waals surface area contributed by atoms with Crippen LogP contribution in [-0.2, 0) is 11.3 Å². The van der Waals surface area contributed by atoms with E-state index >= 15 is 0 Å². The van der Waals surface area contributed by atoms with Crippen LogP contribution in [0.5, 0.6) is 0 Å². The number of carbonyl (C=O) groups excluding carboxylic acids is 1. The molecule has 2 saturated heterocycles. The molecule has 4 rings (SSSR count). The van der Waals surface area contributed by atoms with Crippen LogP contribution >= 0.6 is 11.6 Å². The topological polar surface area (TPSA) is 104 Å². The summed E-state index contributed by atoms with van der Waals surface area (Å²) in [6, 6.07) is 7.29. The molecule has 2 fully saturated rings. The minimum absolute atomic E-state index is 0.186. The normalized spacial score (nSPS) is 18.0. The average Bonchev–Trinajstić information content (AvgIpc) is 3.26. The average molecular weight is 431 g/mol. The lowest BCUT2D eigenvalue weighted by atomic mass is 10.3. The number of hydrogen-bond acceptors (Lipinski definition) is 8. The third-order valence-corrected chi connectivity index (χ3v) is 5.70. The van der Waals surface area contributed by atoms with Gasteiger partial charge >= 0.3 is 0 Å². The van der Waals surface area contributed by atoms with E-state index in [1.807, 2.05) is 17.0 Å². The first-order chi connectivity index (χ1) is 14.5.